The first-order valence-corrected chi connectivity index (χ1v) is 2.56. The highest BCUT2D eigenvalue weighted by molar-refractivity contribution is 5.49. The molecule has 8 heavy (non-hydrogen) atoms. The average Bonchev–Trinajstić information content (AvgIpc) is 2.14. The van der Waals surface area contributed by atoms with Gasteiger partial charge in [-0.05, 0) is 6.92 Å². The van der Waals surface area contributed by atoms with E-state index < -0.39 is 0 Å². The third kappa shape index (κ3) is 0.816. The van der Waals surface area contributed by atoms with Gasteiger partial charge in [0.2, 0.25) is 0 Å². The maximum Gasteiger partial charge on any atom is 0.273 e. The summed E-state index contributed by atoms with van der Waals surface area (Å²) in [6.07, 6.45) is 2.34. The molecule has 0 unspecified atom stereocenters. The molecule has 45 valence electrons. The van der Waals surface area contributed by atoms with Crippen LogP contribution < -0.4 is 0 Å². The quantitative estimate of drug-likeness (QED) is 0.507. The summed E-state index contributed by atoms with van der Waals surface area (Å²) in [6.45, 7) is 1.90. The molecule has 0 bridgehead atoms. The van der Waals surface area contributed by atoms with Crippen LogP contribution in [0.3, 0.4) is 0 Å². The van der Waals surface area contributed by atoms with Crippen molar-refractivity contribution in [1.82, 2.24) is 0 Å². The van der Waals surface area contributed by atoms with Gasteiger partial charge in [-0.25, -0.2) is 4.99 Å². The van der Waals surface area contributed by atoms with Crippen molar-refractivity contribution in [3.63, 3.8) is 0 Å². The monoisotopic (exact) mass is 114 g/mol. The van der Waals surface area contributed by atoms with Crippen molar-refractivity contribution in [1.29, 1.82) is 0 Å². The van der Waals surface area contributed by atoms with Crippen LogP contribution in [0.4, 0.5) is 0 Å². The number of ether oxygens (including phenoxy) is 1. The van der Waals surface area contributed by atoms with Gasteiger partial charge in [0.15, 0.2) is 0 Å². The molecule has 3 nitrogen and oxygen atoms in total. The van der Waals surface area contributed by atoms with Crippen LogP contribution in [0.25, 0.3) is 0 Å². The van der Waals surface area contributed by atoms with E-state index in [1.54, 1.807) is 0 Å². The van der Waals surface area contributed by atoms with Crippen molar-refractivity contribution in [2.45, 2.75) is 19.1 Å². The Morgan fingerprint density at radius 3 is 2.88 bits per heavy atom. The Kier molecular flexibility index (Phi) is 1.48. The number of aliphatic imine (C=N–C) groups is 1. The second kappa shape index (κ2) is 2.13. The van der Waals surface area contributed by atoms with E-state index in [0.29, 0.717) is 0 Å². The van der Waals surface area contributed by atoms with Crippen molar-refractivity contribution in [2.75, 3.05) is 6.61 Å². The topological polar surface area (TPSA) is 41.8 Å². The van der Waals surface area contributed by atoms with E-state index in [0.717, 1.165) is 0 Å². The molecule has 0 aliphatic carbocycles. The average molecular weight is 114 g/mol. The Morgan fingerprint density at radius 2 is 2.62 bits per heavy atom. The summed E-state index contributed by atoms with van der Waals surface area (Å²) in [7, 11) is 0. The van der Waals surface area contributed by atoms with Crippen molar-refractivity contribution in [3.8, 4) is 0 Å². The van der Waals surface area contributed by atoms with Crippen molar-refractivity contribution >= 4 is 6.40 Å². The number of hydrogen-bond acceptors (Lipinski definition) is 3. The van der Waals surface area contributed by atoms with E-state index in [2.05, 4.69) is 11.4 Å². The second-order valence-corrected chi connectivity index (χ2v) is 1.79. The normalized spacial score (nSPS) is 35.2. The molecule has 1 heterocycles. The van der Waals surface area contributed by atoms with E-state index in [4.69, 9.17) is 9.84 Å². The van der Waals surface area contributed by atoms with Gasteiger partial charge in [-0.1, -0.05) is 0 Å². The lowest BCUT2D eigenvalue weighted by Crippen LogP contribution is -2.21. The van der Waals surface area contributed by atoms with Crippen molar-refractivity contribution < 1.29 is 9.84 Å². The van der Waals surface area contributed by atoms with E-state index in [-0.39, 0.29) is 18.8 Å². The Bertz CT molecular complexity index is 103. The van der Waals surface area contributed by atoms with Gasteiger partial charge < -0.3 is 9.84 Å². The van der Waals surface area contributed by atoms with Gasteiger partial charge in [-0.15, -0.1) is 0 Å². The van der Waals surface area contributed by atoms with Crippen LogP contribution in [-0.2, 0) is 4.74 Å². The summed E-state index contributed by atoms with van der Waals surface area (Å²) in [5.41, 5.74) is 0. The second-order valence-electron chi connectivity index (χ2n) is 1.79. The fourth-order valence-corrected chi connectivity index (χ4v) is 0.554. The zero-order valence-electron chi connectivity index (χ0n) is 4.66. The van der Waals surface area contributed by atoms with Crippen LogP contribution in [0.1, 0.15) is 6.92 Å². The van der Waals surface area contributed by atoms with Gasteiger partial charge >= 0.3 is 0 Å². The van der Waals surface area contributed by atoms with Crippen molar-refractivity contribution in [2.24, 2.45) is 4.99 Å². The molecule has 2 atom stereocenters. The minimum absolute atomic E-state index is 0.000000000000000444. The zero-order valence-corrected chi connectivity index (χ0v) is 4.66. The molecule has 0 aromatic carbocycles. The van der Waals surface area contributed by atoms with Crippen molar-refractivity contribution in [3.05, 3.63) is 0 Å². The van der Waals surface area contributed by atoms with Crippen LogP contribution in [0.2, 0.25) is 0 Å². The lowest BCUT2D eigenvalue weighted by atomic mass is 10.2. The number of rotatable bonds is 1. The highest BCUT2D eigenvalue weighted by Gasteiger charge is 2.20. The summed E-state index contributed by atoms with van der Waals surface area (Å²) in [6, 6.07) is -0.0880. The highest BCUT2D eigenvalue weighted by atomic mass is 16.5. The first-order chi connectivity index (χ1) is 3.84. The lowest BCUT2D eigenvalue weighted by Gasteiger charge is -2.06. The largest absolute Gasteiger partial charge is 0.469 e. The molecule has 1 aliphatic rings. The van der Waals surface area contributed by atoms with E-state index in [1.807, 2.05) is 6.92 Å². The molecule has 0 aromatic rings. The van der Waals surface area contributed by atoms with Crippen LogP contribution in [-0.4, -0.2) is 30.3 Å². The summed E-state index contributed by atoms with van der Waals surface area (Å²) in [4.78, 5) is 3.71. The summed E-state index contributed by atoms with van der Waals surface area (Å²) < 4.78 is 4.78. The molecule has 0 fully saturated rings. The lowest BCUT2D eigenvalue weighted by molar-refractivity contribution is 0.168. The maximum atomic E-state index is 8.52. The minimum Gasteiger partial charge on any atom is -0.469 e. The molecule has 0 saturated heterocycles. The van der Waals surface area contributed by atoms with E-state index in [1.165, 1.54) is 0 Å². The van der Waals surface area contributed by atoms with E-state index in [9.17, 15) is 0 Å². The van der Waals surface area contributed by atoms with E-state index >= 15 is 0 Å². The maximum absolute atomic E-state index is 8.52. The van der Waals surface area contributed by atoms with Crippen LogP contribution in [0, 0.1) is 0 Å². The van der Waals surface area contributed by atoms with Gasteiger partial charge in [0.1, 0.15) is 12.1 Å². The first-order valence-electron chi connectivity index (χ1n) is 2.56. The Hall–Kier alpha value is -0.570. The molecule has 0 amide bonds. The van der Waals surface area contributed by atoms with Gasteiger partial charge in [-0.3, -0.25) is 0 Å². The highest BCUT2D eigenvalue weighted by Crippen LogP contribution is 2.06. The molecule has 1 aliphatic heterocycles. The summed E-state index contributed by atoms with van der Waals surface area (Å²) in [5.74, 6) is 0. The van der Waals surface area contributed by atoms with Gasteiger partial charge in [0.25, 0.3) is 6.40 Å². The molecule has 0 aromatic heterocycles. The van der Waals surface area contributed by atoms with Crippen LogP contribution in [0.5, 0.6) is 0 Å². The molecule has 1 radical (unpaired) electrons. The molecular weight excluding hydrogens is 106 g/mol. The molecule has 1 N–H and O–H groups in total. The Balaban J connectivity index is 2.41. The molecular formula is C5H8NO2. The molecule has 0 saturated carbocycles. The standard InChI is InChI=1S/C5H8NO2/c1-4-5(2-7)6-3-8-4/h4-5,7H,2H2,1H3/t4-,5+/m0/s1. The number of aliphatic hydroxyl groups excluding tert-OH is 1. The Morgan fingerprint density at radius 1 is 1.88 bits per heavy atom. The predicted molar refractivity (Wildman–Crippen MR) is 28.9 cm³/mol. The first kappa shape index (κ1) is 5.56. The van der Waals surface area contributed by atoms with Gasteiger partial charge in [0, 0.05) is 0 Å². The summed E-state index contributed by atoms with van der Waals surface area (Å²) in [5, 5.41) is 8.52. The Labute approximate surface area is 48.0 Å². The third-order valence-electron chi connectivity index (χ3n) is 1.19. The fourth-order valence-electron chi connectivity index (χ4n) is 0.554. The minimum atomic E-state index is -0.0880. The molecule has 3 heteroatoms. The predicted octanol–water partition coefficient (Wildman–Crippen LogP) is -0.329. The SMILES string of the molecule is C[C@@H]1O[C]=N[C@@H]1CO. The third-order valence-corrected chi connectivity index (χ3v) is 1.19. The molecule has 1 rings (SSSR count). The van der Waals surface area contributed by atoms with Crippen LogP contribution >= 0.6 is 0 Å². The van der Waals surface area contributed by atoms with Gasteiger partial charge in [0.05, 0.1) is 6.61 Å². The van der Waals surface area contributed by atoms with Crippen LogP contribution in [0.15, 0.2) is 4.99 Å². The summed E-state index contributed by atoms with van der Waals surface area (Å²) >= 11 is 0. The zero-order chi connectivity index (χ0) is 5.98. The fraction of sp³-hybridized carbons (Fsp3) is 0.800. The number of hydrogen-bond donors (Lipinski definition) is 1. The van der Waals surface area contributed by atoms with Gasteiger partial charge in [-0.2, -0.15) is 0 Å². The smallest absolute Gasteiger partial charge is 0.273 e. The number of nitrogens with zero attached hydrogens (tertiary/aromatic N) is 1. The number of aliphatic hydroxyl groups is 1. The molecule has 0 spiro atoms.